The predicted molar refractivity (Wildman–Crippen MR) is 135 cm³/mol. The summed E-state index contributed by atoms with van der Waals surface area (Å²) >= 11 is 1.73. The number of aliphatic imine (C=N–C) groups is 1. The van der Waals surface area contributed by atoms with Crippen molar-refractivity contribution in [2.75, 3.05) is 18.0 Å². The zero-order chi connectivity index (χ0) is 21.8. The van der Waals surface area contributed by atoms with Crippen molar-refractivity contribution < 1.29 is 4.79 Å². The van der Waals surface area contributed by atoms with Crippen LogP contribution in [0.25, 0.3) is 0 Å². The second-order valence-corrected chi connectivity index (χ2v) is 10.7. The highest BCUT2D eigenvalue weighted by atomic mass is 32.1. The zero-order valence-electron chi connectivity index (χ0n) is 19.1. The molecule has 0 atom stereocenters. The first-order valence-corrected chi connectivity index (χ1v) is 13.4. The number of fused-ring (bicyclic) bond motifs is 1. The van der Waals surface area contributed by atoms with Gasteiger partial charge in [0.2, 0.25) is 0 Å². The van der Waals surface area contributed by atoms with Gasteiger partial charge in [-0.25, -0.2) is 4.99 Å². The minimum absolute atomic E-state index is 0.101. The summed E-state index contributed by atoms with van der Waals surface area (Å²) < 4.78 is 0. The number of aryl methyl sites for hydroxylation is 1. The number of piperidine rings is 1. The molecular formula is C27H35N3OS. The molecule has 2 fully saturated rings. The molecule has 5 heteroatoms. The van der Waals surface area contributed by atoms with Crippen LogP contribution >= 0.6 is 11.3 Å². The number of benzene rings is 1. The van der Waals surface area contributed by atoms with Gasteiger partial charge < -0.3 is 10.2 Å². The molecule has 1 amide bonds. The fraction of sp³-hybridized carbons (Fsp3) is 0.556. The number of nitrogens with zero attached hydrogens (tertiary/aromatic N) is 2. The summed E-state index contributed by atoms with van der Waals surface area (Å²) in [6.07, 6.45) is 16.3. The third-order valence-electron chi connectivity index (χ3n) is 7.27. The number of nitrogens with one attached hydrogen (secondary N) is 1. The summed E-state index contributed by atoms with van der Waals surface area (Å²) in [5.41, 5.74) is 4.52. The van der Waals surface area contributed by atoms with Gasteiger partial charge in [-0.05, 0) is 81.0 Å². The van der Waals surface area contributed by atoms with E-state index in [1.54, 1.807) is 11.3 Å². The molecule has 0 unspecified atom stereocenters. The Kier molecular flexibility index (Phi) is 6.92. The molecule has 1 saturated heterocycles. The summed E-state index contributed by atoms with van der Waals surface area (Å²) in [5, 5.41) is 4.24. The third-order valence-corrected chi connectivity index (χ3v) is 8.47. The Morgan fingerprint density at radius 2 is 1.66 bits per heavy atom. The number of hydrogen-bond donors (Lipinski definition) is 1. The van der Waals surface area contributed by atoms with Crippen molar-refractivity contribution in [3.63, 3.8) is 0 Å². The van der Waals surface area contributed by atoms with Gasteiger partial charge >= 0.3 is 0 Å². The summed E-state index contributed by atoms with van der Waals surface area (Å²) in [6.45, 7) is 2.32. The molecule has 2 aliphatic carbocycles. The first-order chi connectivity index (χ1) is 15.8. The summed E-state index contributed by atoms with van der Waals surface area (Å²) in [7, 11) is 0. The van der Waals surface area contributed by atoms with Crippen LogP contribution in [0.1, 0.15) is 90.6 Å². The fourth-order valence-electron chi connectivity index (χ4n) is 5.44. The molecule has 0 radical (unpaired) electrons. The van der Waals surface area contributed by atoms with E-state index in [1.165, 1.54) is 67.5 Å². The van der Waals surface area contributed by atoms with E-state index < -0.39 is 0 Å². The summed E-state index contributed by atoms with van der Waals surface area (Å²) in [5.74, 6) is 0.101. The zero-order valence-corrected chi connectivity index (χ0v) is 19.9. The van der Waals surface area contributed by atoms with E-state index in [9.17, 15) is 4.79 Å². The van der Waals surface area contributed by atoms with E-state index in [0.29, 0.717) is 6.04 Å². The van der Waals surface area contributed by atoms with E-state index in [-0.39, 0.29) is 5.91 Å². The molecule has 2 aromatic rings. The molecule has 1 aromatic carbocycles. The Morgan fingerprint density at radius 1 is 0.938 bits per heavy atom. The van der Waals surface area contributed by atoms with Gasteiger partial charge in [-0.2, -0.15) is 0 Å². The number of hydrogen-bond acceptors (Lipinski definition) is 4. The summed E-state index contributed by atoms with van der Waals surface area (Å²) in [6, 6.07) is 9.06. The SMILES string of the molecule is O=C(NC1CCCCC1)c1c(N=Cc2ccc(N3CCCCC3)cc2)sc2c1CCCC2. The van der Waals surface area contributed by atoms with Crippen LogP contribution in [0.5, 0.6) is 0 Å². The van der Waals surface area contributed by atoms with Crippen molar-refractivity contribution >= 4 is 34.1 Å². The minimum atomic E-state index is 0.101. The van der Waals surface area contributed by atoms with Gasteiger partial charge in [-0.15, -0.1) is 11.3 Å². The normalized spacial score (nSPS) is 19.8. The number of carbonyl (C=O) groups is 1. The van der Waals surface area contributed by atoms with Crippen LogP contribution in [0.4, 0.5) is 10.7 Å². The Hall–Kier alpha value is -2.14. The first-order valence-electron chi connectivity index (χ1n) is 12.6. The van der Waals surface area contributed by atoms with Crippen LogP contribution < -0.4 is 10.2 Å². The quantitative estimate of drug-likeness (QED) is 0.535. The molecule has 2 heterocycles. The Labute approximate surface area is 196 Å². The second kappa shape index (κ2) is 10.2. The fourth-order valence-corrected chi connectivity index (χ4v) is 6.67. The smallest absolute Gasteiger partial charge is 0.254 e. The van der Waals surface area contributed by atoms with Crippen LogP contribution in [-0.2, 0) is 12.8 Å². The monoisotopic (exact) mass is 449 g/mol. The van der Waals surface area contributed by atoms with E-state index >= 15 is 0 Å². The second-order valence-electron chi connectivity index (χ2n) is 9.60. The van der Waals surface area contributed by atoms with E-state index in [2.05, 4.69) is 34.5 Å². The van der Waals surface area contributed by atoms with Crippen LogP contribution in [0.15, 0.2) is 29.3 Å². The van der Waals surface area contributed by atoms with Gasteiger partial charge in [0.05, 0.1) is 5.56 Å². The molecular weight excluding hydrogens is 414 g/mol. The third kappa shape index (κ3) is 4.93. The first kappa shape index (κ1) is 21.7. The number of carbonyl (C=O) groups excluding carboxylic acids is 1. The topological polar surface area (TPSA) is 44.7 Å². The molecule has 0 bridgehead atoms. The average molecular weight is 450 g/mol. The van der Waals surface area contributed by atoms with Gasteiger partial charge in [0, 0.05) is 35.9 Å². The van der Waals surface area contributed by atoms with Crippen molar-refractivity contribution in [2.45, 2.75) is 83.1 Å². The van der Waals surface area contributed by atoms with Gasteiger partial charge in [-0.3, -0.25) is 4.79 Å². The lowest BCUT2D eigenvalue weighted by Gasteiger charge is -2.28. The maximum atomic E-state index is 13.3. The Balaban J connectivity index is 1.35. The number of thiophene rings is 1. The van der Waals surface area contributed by atoms with Crippen molar-refractivity contribution in [3.05, 3.63) is 45.8 Å². The number of rotatable bonds is 5. The minimum Gasteiger partial charge on any atom is -0.372 e. The molecule has 1 saturated carbocycles. The van der Waals surface area contributed by atoms with Crippen molar-refractivity contribution in [1.29, 1.82) is 0 Å². The van der Waals surface area contributed by atoms with Crippen molar-refractivity contribution in [3.8, 4) is 0 Å². The maximum absolute atomic E-state index is 13.3. The van der Waals surface area contributed by atoms with E-state index in [0.717, 1.165) is 54.9 Å². The van der Waals surface area contributed by atoms with Gasteiger partial charge in [0.15, 0.2) is 0 Å². The maximum Gasteiger partial charge on any atom is 0.254 e. The molecule has 1 N–H and O–H groups in total. The Morgan fingerprint density at radius 3 is 2.44 bits per heavy atom. The highest BCUT2D eigenvalue weighted by molar-refractivity contribution is 7.16. The van der Waals surface area contributed by atoms with E-state index in [4.69, 9.17) is 4.99 Å². The predicted octanol–water partition coefficient (Wildman–Crippen LogP) is 6.43. The average Bonchev–Trinajstić information content (AvgIpc) is 3.23. The van der Waals surface area contributed by atoms with Crippen molar-refractivity contribution in [2.24, 2.45) is 4.99 Å². The lowest BCUT2D eigenvalue weighted by molar-refractivity contribution is 0.0927. The van der Waals surface area contributed by atoms with Crippen molar-refractivity contribution in [1.82, 2.24) is 5.32 Å². The molecule has 4 nitrogen and oxygen atoms in total. The molecule has 0 spiro atoms. The summed E-state index contributed by atoms with van der Waals surface area (Å²) in [4.78, 5) is 22.0. The van der Waals surface area contributed by atoms with E-state index in [1.807, 2.05) is 6.21 Å². The molecule has 5 rings (SSSR count). The van der Waals surface area contributed by atoms with Crippen LogP contribution in [0.2, 0.25) is 0 Å². The standard InChI is InChI=1S/C27H35N3OS/c31-26(29-21-9-3-1-4-10-21)25-23-11-5-6-12-24(23)32-27(25)28-19-20-13-15-22(16-14-20)30-17-7-2-8-18-30/h13-16,19,21H,1-12,17-18H2,(H,29,31). The van der Waals surface area contributed by atoms with Gasteiger partial charge in [-0.1, -0.05) is 31.4 Å². The largest absolute Gasteiger partial charge is 0.372 e. The van der Waals surface area contributed by atoms with Gasteiger partial charge in [0.25, 0.3) is 5.91 Å². The van der Waals surface area contributed by atoms with Crippen LogP contribution in [-0.4, -0.2) is 31.3 Å². The number of amides is 1. The lowest BCUT2D eigenvalue weighted by Crippen LogP contribution is -2.36. The lowest BCUT2D eigenvalue weighted by atomic mass is 9.93. The van der Waals surface area contributed by atoms with Crippen LogP contribution in [0, 0.1) is 0 Å². The highest BCUT2D eigenvalue weighted by Gasteiger charge is 2.27. The molecule has 1 aromatic heterocycles. The molecule has 170 valence electrons. The Bertz CT molecular complexity index is 950. The van der Waals surface area contributed by atoms with Gasteiger partial charge in [0.1, 0.15) is 5.00 Å². The number of anilines is 1. The molecule has 32 heavy (non-hydrogen) atoms. The van der Waals surface area contributed by atoms with Crippen LogP contribution in [0.3, 0.4) is 0 Å². The molecule has 3 aliphatic rings. The highest BCUT2D eigenvalue weighted by Crippen LogP contribution is 2.40. The molecule has 1 aliphatic heterocycles.